The summed E-state index contributed by atoms with van der Waals surface area (Å²) >= 11 is 4.34. The molecule has 1 aromatic heterocycles. The number of halogens is 1. The van der Waals surface area contributed by atoms with Crippen molar-refractivity contribution in [1.29, 1.82) is 0 Å². The molecule has 2 aromatic carbocycles. The van der Waals surface area contributed by atoms with Crippen LogP contribution in [0.5, 0.6) is 0 Å². The molecule has 8 nitrogen and oxygen atoms in total. The fourth-order valence-electron chi connectivity index (χ4n) is 3.77. The average molecular weight is 542 g/mol. The second kappa shape index (κ2) is 9.47. The van der Waals surface area contributed by atoms with E-state index in [9.17, 15) is 19.7 Å². The zero-order valence-electron chi connectivity index (χ0n) is 18.6. The van der Waals surface area contributed by atoms with Gasteiger partial charge in [-0.1, -0.05) is 47.2 Å². The highest BCUT2D eigenvalue weighted by Crippen LogP contribution is 2.31. The van der Waals surface area contributed by atoms with Crippen molar-refractivity contribution in [3.8, 4) is 0 Å². The van der Waals surface area contributed by atoms with Crippen molar-refractivity contribution in [2.24, 2.45) is 4.99 Å². The summed E-state index contributed by atoms with van der Waals surface area (Å²) in [5.41, 5.74) is 2.67. The van der Waals surface area contributed by atoms with E-state index in [0.29, 0.717) is 30.6 Å². The Morgan fingerprint density at radius 2 is 1.97 bits per heavy atom. The smallest absolute Gasteiger partial charge is 0.338 e. The predicted molar refractivity (Wildman–Crippen MR) is 132 cm³/mol. The van der Waals surface area contributed by atoms with Gasteiger partial charge >= 0.3 is 5.97 Å². The van der Waals surface area contributed by atoms with E-state index in [0.717, 1.165) is 11.1 Å². The van der Waals surface area contributed by atoms with Crippen LogP contribution in [0.3, 0.4) is 0 Å². The summed E-state index contributed by atoms with van der Waals surface area (Å²) in [6.45, 7) is 5.60. The van der Waals surface area contributed by atoms with Crippen LogP contribution in [0.2, 0.25) is 0 Å². The number of allylic oxidation sites excluding steroid dienone is 1. The number of fused-ring (bicyclic) bond motifs is 1. The number of carbonyl (C=O) groups is 1. The van der Waals surface area contributed by atoms with Gasteiger partial charge in [0.25, 0.3) is 11.2 Å². The third kappa shape index (κ3) is 4.38. The van der Waals surface area contributed by atoms with Crippen LogP contribution in [0.25, 0.3) is 6.08 Å². The van der Waals surface area contributed by atoms with Gasteiger partial charge in [-0.2, -0.15) is 0 Å². The van der Waals surface area contributed by atoms with Gasteiger partial charge in [0.05, 0.1) is 37.8 Å². The van der Waals surface area contributed by atoms with Gasteiger partial charge in [-0.15, -0.1) is 0 Å². The summed E-state index contributed by atoms with van der Waals surface area (Å²) in [5.74, 6) is -0.521. The Balaban J connectivity index is 1.94. The van der Waals surface area contributed by atoms with Crippen molar-refractivity contribution in [3.05, 3.63) is 105 Å². The zero-order chi connectivity index (χ0) is 24.6. The van der Waals surface area contributed by atoms with E-state index < -0.39 is 16.9 Å². The summed E-state index contributed by atoms with van der Waals surface area (Å²) in [6, 6.07) is 11.6. The number of hydrogen-bond donors (Lipinski definition) is 0. The Morgan fingerprint density at radius 1 is 1.26 bits per heavy atom. The Hall–Kier alpha value is -3.37. The van der Waals surface area contributed by atoms with Gasteiger partial charge in [0, 0.05) is 6.07 Å². The SMILES string of the molecule is CCOC(=O)C1=C(C)N=c2s/c(=C/c3ccc(Br)c([N+](=O)[O-])c3)c(=O)n2[C@@H]1c1ccc(C)cc1. The molecule has 34 heavy (non-hydrogen) atoms. The molecule has 1 atom stereocenters. The van der Waals surface area contributed by atoms with Crippen molar-refractivity contribution in [3.63, 3.8) is 0 Å². The number of hydrogen-bond acceptors (Lipinski definition) is 7. The van der Waals surface area contributed by atoms with Gasteiger partial charge in [0.2, 0.25) is 0 Å². The van der Waals surface area contributed by atoms with Gasteiger partial charge in [0.15, 0.2) is 4.80 Å². The molecule has 0 fully saturated rings. The van der Waals surface area contributed by atoms with Gasteiger partial charge in [-0.3, -0.25) is 19.5 Å². The quantitative estimate of drug-likeness (QED) is 0.277. The van der Waals surface area contributed by atoms with Crippen LogP contribution in [0, 0.1) is 17.0 Å². The molecule has 0 aliphatic carbocycles. The standard InChI is InChI=1S/C24H20BrN3O5S/c1-4-33-23(30)20-14(3)26-24-27(21(20)16-8-5-13(2)6-9-16)22(29)19(34-24)12-15-7-10-17(25)18(11-15)28(31)32/h5-12,21H,4H2,1-3H3/b19-12+/t21-/m1/s1. The molecule has 0 saturated carbocycles. The maximum atomic E-state index is 13.6. The first-order chi connectivity index (χ1) is 16.2. The molecule has 174 valence electrons. The minimum absolute atomic E-state index is 0.0977. The molecule has 0 saturated heterocycles. The fourth-order valence-corrected chi connectivity index (χ4v) is 5.20. The zero-order valence-corrected chi connectivity index (χ0v) is 21.0. The molecule has 0 spiro atoms. The number of nitro benzene ring substituents is 1. The summed E-state index contributed by atoms with van der Waals surface area (Å²) in [4.78, 5) is 42.2. The topological polar surface area (TPSA) is 104 Å². The molecule has 1 aliphatic heterocycles. The normalized spacial score (nSPS) is 15.6. The Bertz CT molecular complexity index is 1520. The largest absolute Gasteiger partial charge is 0.463 e. The number of rotatable bonds is 5. The van der Waals surface area contributed by atoms with E-state index >= 15 is 0 Å². The lowest BCUT2D eigenvalue weighted by Crippen LogP contribution is -2.39. The van der Waals surface area contributed by atoms with Gasteiger partial charge < -0.3 is 4.74 Å². The van der Waals surface area contributed by atoms with Gasteiger partial charge in [-0.05, 0) is 60.0 Å². The number of carbonyl (C=O) groups excluding carboxylic acids is 1. The predicted octanol–water partition coefficient (Wildman–Crippen LogP) is 3.78. The van der Waals surface area contributed by atoms with Crippen LogP contribution in [-0.2, 0) is 9.53 Å². The lowest BCUT2D eigenvalue weighted by molar-refractivity contribution is -0.385. The second-order valence-electron chi connectivity index (χ2n) is 7.68. The Kier molecular flexibility index (Phi) is 6.63. The number of esters is 1. The minimum atomic E-state index is -0.697. The number of benzene rings is 2. The minimum Gasteiger partial charge on any atom is -0.463 e. The van der Waals surface area contributed by atoms with Crippen LogP contribution in [-0.4, -0.2) is 22.1 Å². The maximum Gasteiger partial charge on any atom is 0.338 e. The van der Waals surface area contributed by atoms with Crippen molar-refractivity contribution in [2.45, 2.75) is 26.8 Å². The molecule has 0 N–H and O–H groups in total. The summed E-state index contributed by atoms with van der Waals surface area (Å²) < 4.78 is 7.48. The van der Waals surface area contributed by atoms with Gasteiger partial charge in [-0.25, -0.2) is 9.79 Å². The van der Waals surface area contributed by atoms with E-state index in [1.807, 2.05) is 31.2 Å². The summed E-state index contributed by atoms with van der Waals surface area (Å²) in [6.07, 6.45) is 1.60. The number of aryl methyl sites for hydroxylation is 1. The molecule has 3 aromatic rings. The van der Waals surface area contributed by atoms with E-state index in [1.54, 1.807) is 32.1 Å². The highest BCUT2D eigenvalue weighted by atomic mass is 79.9. The first-order valence-electron chi connectivity index (χ1n) is 10.4. The van der Waals surface area contributed by atoms with Crippen LogP contribution in [0.15, 0.2) is 68.0 Å². The summed E-state index contributed by atoms with van der Waals surface area (Å²) in [5, 5.41) is 11.3. The van der Waals surface area contributed by atoms with Crippen molar-refractivity contribution in [1.82, 2.24) is 4.57 Å². The van der Waals surface area contributed by atoms with E-state index in [-0.39, 0.29) is 17.9 Å². The van der Waals surface area contributed by atoms with Crippen molar-refractivity contribution in [2.75, 3.05) is 6.61 Å². The molecule has 10 heteroatoms. The van der Waals surface area contributed by atoms with Crippen molar-refractivity contribution < 1.29 is 14.5 Å². The van der Waals surface area contributed by atoms with Gasteiger partial charge in [0.1, 0.15) is 0 Å². The maximum absolute atomic E-state index is 13.6. The molecule has 0 radical (unpaired) electrons. The highest BCUT2D eigenvalue weighted by molar-refractivity contribution is 9.10. The number of ether oxygens (including phenoxy) is 1. The molecule has 1 aliphatic rings. The summed E-state index contributed by atoms with van der Waals surface area (Å²) in [7, 11) is 0. The Morgan fingerprint density at radius 3 is 2.62 bits per heavy atom. The number of aromatic nitrogens is 1. The average Bonchev–Trinajstić information content (AvgIpc) is 3.09. The van der Waals surface area contributed by atoms with E-state index in [4.69, 9.17) is 4.74 Å². The number of thiazole rings is 1. The Labute approximate surface area is 206 Å². The van der Waals surface area contributed by atoms with Crippen LogP contribution in [0.4, 0.5) is 5.69 Å². The molecule has 4 rings (SSSR count). The lowest BCUT2D eigenvalue weighted by Gasteiger charge is -2.24. The third-order valence-electron chi connectivity index (χ3n) is 5.37. The van der Waals surface area contributed by atoms with Crippen LogP contribution >= 0.6 is 27.3 Å². The number of nitro groups is 1. The highest BCUT2D eigenvalue weighted by Gasteiger charge is 2.33. The third-order valence-corrected chi connectivity index (χ3v) is 7.03. The molecule has 0 amide bonds. The van der Waals surface area contributed by atoms with E-state index in [1.165, 1.54) is 22.0 Å². The lowest BCUT2D eigenvalue weighted by atomic mass is 9.95. The molecular formula is C24H20BrN3O5S. The fraction of sp³-hybridized carbons (Fsp3) is 0.208. The molecule has 0 bridgehead atoms. The second-order valence-corrected chi connectivity index (χ2v) is 9.54. The molecular weight excluding hydrogens is 522 g/mol. The van der Waals surface area contributed by atoms with Crippen molar-refractivity contribution >= 4 is 45.0 Å². The first kappa shape index (κ1) is 23.8. The molecule has 2 heterocycles. The first-order valence-corrected chi connectivity index (χ1v) is 12.0. The van der Waals surface area contributed by atoms with Crippen LogP contribution < -0.4 is 14.9 Å². The van der Waals surface area contributed by atoms with E-state index in [2.05, 4.69) is 20.9 Å². The van der Waals surface area contributed by atoms with Crippen LogP contribution in [0.1, 0.15) is 36.6 Å². The monoisotopic (exact) mass is 541 g/mol. The molecule has 0 unspecified atom stereocenters. The number of nitrogens with zero attached hydrogens (tertiary/aromatic N) is 3.